The Morgan fingerprint density at radius 3 is 2.62 bits per heavy atom. The molecule has 206 valence electrons. The van der Waals surface area contributed by atoms with Crippen LogP contribution in [0.5, 0.6) is 0 Å². The van der Waals surface area contributed by atoms with Crippen molar-refractivity contribution in [1.82, 2.24) is 14.3 Å². The van der Waals surface area contributed by atoms with Gasteiger partial charge in [-0.1, -0.05) is 30.7 Å². The van der Waals surface area contributed by atoms with Crippen LogP contribution in [0.1, 0.15) is 52.8 Å². The molecule has 0 spiro atoms. The van der Waals surface area contributed by atoms with Gasteiger partial charge in [0.15, 0.2) is 5.83 Å². The van der Waals surface area contributed by atoms with Crippen molar-refractivity contribution in [2.45, 2.75) is 38.0 Å². The lowest BCUT2D eigenvalue weighted by Crippen LogP contribution is -2.22. The summed E-state index contributed by atoms with van der Waals surface area (Å²) in [5.41, 5.74) is 5.82. The number of aryl methyl sites for hydroxylation is 2. The second kappa shape index (κ2) is 12.4. The second-order valence-electron chi connectivity index (χ2n) is 8.85. The average Bonchev–Trinajstić information content (AvgIpc) is 3.24. The first kappa shape index (κ1) is 29.9. The number of carbonyl (C=O) groups is 1. The van der Waals surface area contributed by atoms with Crippen LogP contribution in [-0.4, -0.2) is 36.4 Å². The molecule has 8 nitrogen and oxygen atoms in total. The quantitative estimate of drug-likeness (QED) is 0.374. The van der Waals surface area contributed by atoms with E-state index in [0.717, 1.165) is 10.8 Å². The highest BCUT2D eigenvalue weighted by Gasteiger charge is 2.22. The number of halogens is 3. The third-order valence-electron chi connectivity index (χ3n) is 5.98. The molecular formula is C27H28ClF2N5O3S. The van der Waals surface area contributed by atoms with Crippen molar-refractivity contribution in [2.24, 2.45) is 17.8 Å². The monoisotopic (exact) mass is 575 g/mol. The van der Waals surface area contributed by atoms with Gasteiger partial charge in [-0.2, -0.15) is 5.10 Å². The minimum Gasteiger partial charge on any atom is -0.364 e. The lowest BCUT2D eigenvalue weighted by atomic mass is 9.96. The third kappa shape index (κ3) is 6.48. The number of primary amides is 1. The first-order valence-corrected chi connectivity index (χ1v) is 13.7. The summed E-state index contributed by atoms with van der Waals surface area (Å²) in [6, 6.07) is 7.34. The number of aromatic nitrogens is 3. The van der Waals surface area contributed by atoms with Crippen LogP contribution in [0.3, 0.4) is 0 Å². The fourth-order valence-electron chi connectivity index (χ4n) is 4.05. The summed E-state index contributed by atoms with van der Waals surface area (Å²) in [5.74, 6) is -2.76. The number of nitrogens with two attached hydrogens (primary N) is 1. The predicted molar refractivity (Wildman–Crippen MR) is 150 cm³/mol. The van der Waals surface area contributed by atoms with Gasteiger partial charge in [0.1, 0.15) is 22.2 Å². The minimum absolute atomic E-state index is 0.0981. The number of nitrogens with zero attached hydrogens (tertiary/aromatic N) is 4. The van der Waals surface area contributed by atoms with Gasteiger partial charge >= 0.3 is 0 Å². The van der Waals surface area contributed by atoms with Crippen molar-refractivity contribution < 1.29 is 17.8 Å². The van der Waals surface area contributed by atoms with Gasteiger partial charge in [0.2, 0.25) is 0 Å². The summed E-state index contributed by atoms with van der Waals surface area (Å²) in [5, 5.41) is 4.17. The van der Waals surface area contributed by atoms with Crippen molar-refractivity contribution in [2.75, 3.05) is 6.26 Å². The average molecular weight is 576 g/mol. The standard InChI is InChI=1S/C27H28ClF2N5O3S/c1-6-10-32-25(18-8-7-9-22(24(18)30)39(5)38)20(29)14-35-16(3)12-19(23(28)27(35)37)15(2)11-17-13-21(26(31)36)34(4)33-17/h6-10,12-15H,11H2,1-5H3,(H2,31,36)/b10-6+,20-14-,32-25+. The number of pyridine rings is 1. The van der Waals surface area contributed by atoms with Crippen LogP contribution in [0.4, 0.5) is 8.78 Å². The van der Waals surface area contributed by atoms with Crippen LogP contribution >= 0.6 is 11.6 Å². The van der Waals surface area contributed by atoms with Crippen LogP contribution in [0.25, 0.3) is 6.20 Å². The topological polar surface area (TPSA) is 112 Å². The summed E-state index contributed by atoms with van der Waals surface area (Å²) in [4.78, 5) is 28.7. The molecule has 2 unspecified atom stereocenters. The number of allylic oxidation sites excluding steroid dienone is 2. The van der Waals surface area contributed by atoms with Crippen molar-refractivity contribution in [1.29, 1.82) is 0 Å². The Balaban J connectivity index is 2.04. The van der Waals surface area contributed by atoms with Crippen molar-refractivity contribution >= 4 is 40.2 Å². The maximum atomic E-state index is 15.6. The molecule has 0 saturated heterocycles. The van der Waals surface area contributed by atoms with Gasteiger partial charge in [0.05, 0.1) is 27.6 Å². The summed E-state index contributed by atoms with van der Waals surface area (Å²) >= 11 is 6.44. The van der Waals surface area contributed by atoms with Gasteiger partial charge in [-0.15, -0.1) is 0 Å². The van der Waals surface area contributed by atoms with E-state index in [-0.39, 0.29) is 32.8 Å². The van der Waals surface area contributed by atoms with Gasteiger partial charge in [0, 0.05) is 30.8 Å². The summed E-state index contributed by atoms with van der Waals surface area (Å²) in [6.07, 6.45) is 5.39. The molecule has 39 heavy (non-hydrogen) atoms. The molecule has 1 amide bonds. The number of amides is 1. The Bertz CT molecular complexity index is 1610. The molecular weight excluding hydrogens is 548 g/mol. The zero-order valence-electron chi connectivity index (χ0n) is 22.0. The molecule has 2 atom stereocenters. The molecule has 1 aromatic carbocycles. The van der Waals surface area contributed by atoms with Crippen LogP contribution in [0, 0.1) is 12.7 Å². The molecule has 0 radical (unpaired) electrons. The van der Waals surface area contributed by atoms with E-state index in [1.54, 1.807) is 33.0 Å². The molecule has 3 aromatic rings. The van der Waals surface area contributed by atoms with E-state index in [0.29, 0.717) is 23.4 Å². The van der Waals surface area contributed by atoms with Gasteiger partial charge < -0.3 is 5.73 Å². The maximum absolute atomic E-state index is 15.6. The molecule has 0 aliphatic rings. The Kier molecular flexibility index (Phi) is 9.52. The Morgan fingerprint density at radius 2 is 2.03 bits per heavy atom. The fourth-order valence-corrected chi connectivity index (χ4v) is 5.01. The zero-order valence-corrected chi connectivity index (χ0v) is 23.6. The van der Waals surface area contributed by atoms with Crippen LogP contribution < -0.4 is 11.3 Å². The molecule has 3 rings (SSSR count). The molecule has 12 heteroatoms. The maximum Gasteiger partial charge on any atom is 0.273 e. The molecule has 2 N–H and O–H groups in total. The number of carbonyl (C=O) groups excluding carboxylic acids is 1. The largest absolute Gasteiger partial charge is 0.364 e. The lowest BCUT2D eigenvalue weighted by molar-refractivity contribution is 0.0991. The van der Waals surface area contributed by atoms with Crippen molar-refractivity contribution in [3.05, 3.63) is 97.8 Å². The summed E-state index contributed by atoms with van der Waals surface area (Å²) in [7, 11) is -0.0482. The number of hydrogen-bond acceptors (Lipinski definition) is 5. The minimum atomic E-state index is -1.65. The molecule has 2 heterocycles. The molecule has 0 bridgehead atoms. The van der Waals surface area contributed by atoms with Crippen molar-refractivity contribution in [3.8, 4) is 0 Å². The highest BCUT2D eigenvalue weighted by atomic mass is 35.5. The van der Waals surface area contributed by atoms with E-state index >= 15 is 8.78 Å². The molecule has 0 aliphatic heterocycles. The number of benzene rings is 1. The van der Waals surface area contributed by atoms with E-state index in [4.69, 9.17) is 17.3 Å². The van der Waals surface area contributed by atoms with Gasteiger partial charge in [-0.05, 0) is 56.0 Å². The highest BCUT2D eigenvalue weighted by molar-refractivity contribution is 7.84. The smallest absolute Gasteiger partial charge is 0.273 e. The van der Waals surface area contributed by atoms with Crippen LogP contribution in [0.2, 0.25) is 5.02 Å². The molecule has 0 fully saturated rings. The number of hydrogen-bond donors (Lipinski definition) is 1. The number of aliphatic imine (C=N–C) groups is 1. The SMILES string of the molecule is C/C=C/N=C(/C(F)=C/n1c(C)cc(C(C)Cc2cc(C(N)=O)n(C)n2)c(Cl)c1=O)c1cccc(S(C)=O)c1F. The normalized spacial score (nSPS) is 14.2. The first-order chi connectivity index (χ1) is 18.4. The van der Waals surface area contributed by atoms with Gasteiger partial charge in [0.25, 0.3) is 11.5 Å². The van der Waals surface area contributed by atoms with E-state index in [9.17, 15) is 13.8 Å². The Labute approximate surface area is 232 Å². The van der Waals surface area contributed by atoms with Crippen LogP contribution in [-0.2, 0) is 24.3 Å². The van der Waals surface area contributed by atoms with E-state index in [2.05, 4.69) is 10.1 Å². The van der Waals surface area contributed by atoms with Gasteiger partial charge in [-0.25, -0.2) is 8.78 Å². The zero-order chi connectivity index (χ0) is 29.0. The number of rotatable bonds is 9. The molecule has 0 saturated carbocycles. The molecule has 0 aliphatic carbocycles. The van der Waals surface area contributed by atoms with Gasteiger partial charge in [-0.3, -0.25) is 28.0 Å². The second-order valence-corrected chi connectivity index (χ2v) is 10.6. The Morgan fingerprint density at radius 1 is 1.33 bits per heavy atom. The summed E-state index contributed by atoms with van der Waals surface area (Å²) in [6.45, 7) is 5.10. The van der Waals surface area contributed by atoms with Crippen molar-refractivity contribution in [3.63, 3.8) is 0 Å². The predicted octanol–water partition coefficient (Wildman–Crippen LogP) is 4.66. The van der Waals surface area contributed by atoms with E-state index < -0.39 is 33.9 Å². The fraction of sp³-hybridized carbons (Fsp3) is 0.259. The van der Waals surface area contributed by atoms with E-state index in [1.165, 1.54) is 41.4 Å². The van der Waals surface area contributed by atoms with E-state index in [1.807, 2.05) is 6.92 Å². The highest BCUT2D eigenvalue weighted by Crippen LogP contribution is 2.27. The lowest BCUT2D eigenvalue weighted by Gasteiger charge is -2.16. The Hall–Kier alpha value is -3.70. The van der Waals surface area contributed by atoms with Crippen LogP contribution in [0.15, 0.2) is 63.1 Å². The first-order valence-electron chi connectivity index (χ1n) is 11.8. The third-order valence-corrected chi connectivity index (χ3v) is 7.30. The summed E-state index contributed by atoms with van der Waals surface area (Å²) < 4.78 is 45.0. The molecule has 2 aromatic heterocycles.